The Morgan fingerprint density at radius 1 is 1.14 bits per heavy atom. The number of aromatic hydroxyl groups is 1. The van der Waals surface area contributed by atoms with Gasteiger partial charge < -0.3 is 29.9 Å². The molecule has 198 valence electrons. The summed E-state index contributed by atoms with van der Waals surface area (Å²) >= 11 is 0. The van der Waals surface area contributed by atoms with E-state index in [-0.39, 0.29) is 37.1 Å². The Balaban J connectivity index is 1.97. The van der Waals surface area contributed by atoms with Gasteiger partial charge in [-0.05, 0) is 49.1 Å². The Kier molecular flexibility index (Phi) is 9.56. The fourth-order valence-corrected chi connectivity index (χ4v) is 3.77. The first kappa shape index (κ1) is 27.6. The fourth-order valence-electron chi connectivity index (χ4n) is 3.77. The molecule has 11 heteroatoms. The third-order valence-corrected chi connectivity index (χ3v) is 5.66. The minimum absolute atomic E-state index is 0.106. The quantitative estimate of drug-likeness (QED) is 0.338. The van der Waals surface area contributed by atoms with Crippen LogP contribution in [-0.4, -0.2) is 71.9 Å². The summed E-state index contributed by atoms with van der Waals surface area (Å²) in [5, 5.41) is 16.2. The molecule has 0 saturated heterocycles. The molecule has 2 heterocycles. The van der Waals surface area contributed by atoms with E-state index in [1.807, 2.05) is 6.92 Å². The molecule has 3 aromatic rings. The number of urea groups is 1. The van der Waals surface area contributed by atoms with Crippen molar-refractivity contribution in [1.29, 1.82) is 0 Å². The van der Waals surface area contributed by atoms with E-state index in [0.717, 1.165) is 11.1 Å². The minimum Gasteiger partial charge on any atom is -0.505 e. The van der Waals surface area contributed by atoms with Gasteiger partial charge in [0.15, 0.2) is 5.75 Å². The lowest BCUT2D eigenvalue weighted by molar-refractivity contribution is 0.0918. The molecule has 3 amide bonds. The highest BCUT2D eigenvalue weighted by Crippen LogP contribution is 2.26. The van der Waals surface area contributed by atoms with Crippen LogP contribution in [0.4, 0.5) is 9.18 Å². The van der Waals surface area contributed by atoms with E-state index in [0.29, 0.717) is 31.5 Å². The zero-order valence-corrected chi connectivity index (χ0v) is 21.2. The van der Waals surface area contributed by atoms with Crippen molar-refractivity contribution in [3.8, 4) is 5.75 Å². The molecule has 2 aromatic heterocycles. The van der Waals surface area contributed by atoms with Crippen LogP contribution in [0.3, 0.4) is 0 Å². The summed E-state index contributed by atoms with van der Waals surface area (Å²) in [4.78, 5) is 43.8. The number of rotatable bonds is 11. The molecule has 0 saturated carbocycles. The molecule has 0 bridgehead atoms. The maximum absolute atomic E-state index is 13.4. The largest absolute Gasteiger partial charge is 0.505 e. The maximum atomic E-state index is 13.4. The molecule has 37 heavy (non-hydrogen) atoms. The standard InChI is InChI=1S/C26H32FN5O5/c1-4-37-13-11-28-24(34)21-23(33)22-20(32(25(21)35)12-5-10-29-26(36)31(2)3)15-18(16-30-22)14-17-6-8-19(27)9-7-17/h6-9,15-16,33H,4-5,10-14H2,1-3H3,(H,28,34)(H,29,36). The number of halogens is 1. The van der Waals surface area contributed by atoms with Crippen LogP contribution in [0, 0.1) is 5.82 Å². The Bertz CT molecular complexity index is 1310. The van der Waals surface area contributed by atoms with Crippen molar-refractivity contribution in [2.24, 2.45) is 0 Å². The summed E-state index contributed by atoms with van der Waals surface area (Å²) in [5.41, 5.74) is 0.971. The van der Waals surface area contributed by atoms with E-state index in [9.17, 15) is 23.9 Å². The van der Waals surface area contributed by atoms with Gasteiger partial charge in [0.2, 0.25) is 0 Å². The topological polar surface area (TPSA) is 126 Å². The van der Waals surface area contributed by atoms with Gasteiger partial charge in [0, 0.05) is 46.5 Å². The number of amides is 3. The van der Waals surface area contributed by atoms with Crippen molar-refractivity contribution in [2.45, 2.75) is 26.3 Å². The molecular weight excluding hydrogens is 481 g/mol. The monoisotopic (exact) mass is 513 g/mol. The van der Waals surface area contributed by atoms with Crippen LogP contribution in [0.15, 0.2) is 41.3 Å². The van der Waals surface area contributed by atoms with Gasteiger partial charge in [0.05, 0.1) is 12.1 Å². The number of aryl methyl sites for hydroxylation is 1. The molecule has 0 aliphatic carbocycles. The fraction of sp³-hybridized carbons (Fsp3) is 0.385. The summed E-state index contributed by atoms with van der Waals surface area (Å²) in [6.45, 7) is 3.21. The Morgan fingerprint density at radius 3 is 2.54 bits per heavy atom. The third-order valence-electron chi connectivity index (χ3n) is 5.66. The van der Waals surface area contributed by atoms with Crippen molar-refractivity contribution < 1.29 is 23.8 Å². The first-order valence-electron chi connectivity index (χ1n) is 12.0. The van der Waals surface area contributed by atoms with Crippen LogP contribution in [0.25, 0.3) is 11.0 Å². The van der Waals surface area contributed by atoms with Crippen LogP contribution in [0.2, 0.25) is 0 Å². The molecule has 1 aromatic carbocycles. The maximum Gasteiger partial charge on any atom is 0.316 e. The summed E-state index contributed by atoms with van der Waals surface area (Å²) in [6.07, 6.45) is 2.37. The number of hydrogen-bond donors (Lipinski definition) is 3. The van der Waals surface area contributed by atoms with Crippen molar-refractivity contribution in [3.63, 3.8) is 0 Å². The molecule has 0 fully saturated rings. The summed E-state index contributed by atoms with van der Waals surface area (Å²) in [5.74, 6) is -1.57. The molecule has 3 N–H and O–H groups in total. The van der Waals surface area contributed by atoms with Gasteiger partial charge in [0.1, 0.15) is 16.9 Å². The molecule has 0 radical (unpaired) electrons. The highest BCUT2D eigenvalue weighted by Gasteiger charge is 2.23. The Labute approximate surface area is 214 Å². The van der Waals surface area contributed by atoms with Crippen LogP contribution < -0.4 is 16.2 Å². The number of fused-ring (bicyclic) bond motifs is 1. The number of nitrogens with one attached hydrogen (secondary N) is 2. The molecule has 3 rings (SSSR count). The predicted molar refractivity (Wildman–Crippen MR) is 137 cm³/mol. The molecule has 0 aliphatic rings. The van der Waals surface area contributed by atoms with E-state index >= 15 is 0 Å². The number of carbonyl (C=O) groups is 2. The lowest BCUT2D eigenvalue weighted by Crippen LogP contribution is -2.37. The van der Waals surface area contributed by atoms with Crippen LogP contribution in [0.5, 0.6) is 5.75 Å². The van der Waals surface area contributed by atoms with Crippen LogP contribution >= 0.6 is 0 Å². The minimum atomic E-state index is -0.726. The first-order chi connectivity index (χ1) is 17.7. The van der Waals surface area contributed by atoms with Gasteiger partial charge in [-0.15, -0.1) is 0 Å². The average Bonchev–Trinajstić information content (AvgIpc) is 2.87. The lowest BCUT2D eigenvalue weighted by atomic mass is 10.1. The Morgan fingerprint density at radius 2 is 1.86 bits per heavy atom. The summed E-state index contributed by atoms with van der Waals surface area (Å²) in [7, 11) is 3.25. The van der Waals surface area contributed by atoms with Crippen LogP contribution in [0.1, 0.15) is 34.8 Å². The van der Waals surface area contributed by atoms with E-state index in [1.54, 1.807) is 38.5 Å². The van der Waals surface area contributed by atoms with E-state index in [2.05, 4.69) is 15.6 Å². The number of carbonyl (C=O) groups excluding carboxylic acids is 2. The van der Waals surface area contributed by atoms with E-state index in [1.165, 1.54) is 21.6 Å². The smallest absolute Gasteiger partial charge is 0.316 e. The van der Waals surface area contributed by atoms with Crippen LogP contribution in [-0.2, 0) is 17.7 Å². The van der Waals surface area contributed by atoms with Gasteiger partial charge in [-0.2, -0.15) is 0 Å². The number of hydrogen-bond acceptors (Lipinski definition) is 6. The number of aromatic nitrogens is 2. The number of nitrogens with zero attached hydrogens (tertiary/aromatic N) is 3. The highest BCUT2D eigenvalue weighted by molar-refractivity contribution is 6.01. The second-order valence-electron chi connectivity index (χ2n) is 8.63. The molecule has 0 spiro atoms. The summed E-state index contributed by atoms with van der Waals surface area (Å²) < 4.78 is 19.9. The zero-order valence-electron chi connectivity index (χ0n) is 21.2. The lowest BCUT2D eigenvalue weighted by Gasteiger charge is -2.16. The van der Waals surface area contributed by atoms with Gasteiger partial charge >= 0.3 is 6.03 Å². The van der Waals surface area contributed by atoms with E-state index in [4.69, 9.17) is 4.74 Å². The molecule has 0 atom stereocenters. The van der Waals surface area contributed by atoms with Gasteiger partial charge in [0.25, 0.3) is 11.5 Å². The predicted octanol–water partition coefficient (Wildman–Crippen LogP) is 2.26. The number of ether oxygens (including phenoxy) is 1. The molecular formula is C26H32FN5O5. The van der Waals surface area contributed by atoms with Gasteiger partial charge in [-0.25, -0.2) is 9.18 Å². The normalized spacial score (nSPS) is 10.9. The summed E-state index contributed by atoms with van der Waals surface area (Å²) in [6, 6.07) is 7.51. The molecule has 0 unspecified atom stereocenters. The zero-order chi connectivity index (χ0) is 26.9. The van der Waals surface area contributed by atoms with Crippen molar-refractivity contribution >= 4 is 23.0 Å². The second-order valence-corrected chi connectivity index (χ2v) is 8.63. The highest BCUT2D eigenvalue weighted by atomic mass is 19.1. The van der Waals surface area contributed by atoms with Gasteiger partial charge in [-0.3, -0.25) is 14.6 Å². The Hall–Kier alpha value is -3.99. The third kappa shape index (κ3) is 7.04. The molecule has 0 aliphatic heterocycles. The van der Waals surface area contributed by atoms with E-state index < -0.39 is 22.8 Å². The van der Waals surface area contributed by atoms with Gasteiger partial charge in [-0.1, -0.05) is 12.1 Å². The van der Waals surface area contributed by atoms with Crippen molar-refractivity contribution in [1.82, 2.24) is 25.1 Å². The van der Waals surface area contributed by atoms with Crippen molar-refractivity contribution in [3.05, 3.63) is 69.4 Å². The van der Waals surface area contributed by atoms with Crippen molar-refractivity contribution in [2.75, 3.05) is 40.4 Å². The second kappa shape index (κ2) is 12.8. The molecule has 10 nitrogen and oxygen atoms in total. The average molecular weight is 514 g/mol. The number of benzene rings is 1. The SMILES string of the molecule is CCOCCNC(=O)c1c(O)c2ncc(Cc3ccc(F)cc3)cc2n(CCCNC(=O)N(C)C)c1=O. The first-order valence-corrected chi connectivity index (χ1v) is 12.0. The number of pyridine rings is 2.